The first-order chi connectivity index (χ1) is 7.45. The number of rotatable bonds is 3. The van der Waals surface area contributed by atoms with E-state index in [4.69, 9.17) is 10.8 Å². The van der Waals surface area contributed by atoms with Crippen LogP contribution >= 0.6 is 0 Å². The molecule has 4 nitrogen and oxygen atoms in total. The summed E-state index contributed by atoms with van der Waals surface area (Å²) in [6, 6.07) is 0.955. The Hall–Kier alpha value is -1.69. The summed E-state index contributed by atoms with van der Waals surface area (Å²) in [6.45, 7) is 1.27. The van der Waals surface area contributed by atoms with Crippen LogP contribution in [0.3, 0.4) is 0 Å². The largest absolute Gasteiger partial charge is 0.396 e. The van der Waals surface area contributed by atoms with Crippen molar-refractivity contribution < 1.29 is 18.7 Å². The highest BCUT2D eigenvalue weighted by atomic mass is 19.1. The van der Waals surface area contributed by atoms with E-state index in [-0.39, 0.29) is 17.9 Å². The molecule has 0 fully saturated rings. The third kappa shape index (κ3) is 2.66. The Bertz CT molecular complexity index is 410. The van der Waals surface area contributed by atoms with Crippen LogP contribution in [0.25, 0.3) is 0 Å². The molecule has 0 aliphatic heterocycles. The number of aliphatic hydroxyl groups is 1. The molecule has 1 amide bonds. The van der Waals surface area contributed by atoms with Crippen LogP contribution in [0.4, 0.5) is 14.5 Å². The van der Waals surface area contributed by atoms with E-state index in [2.05, 4.69) is 5.32 Å². The van der Waals surface area contributed by atoms with E-state index in [1.54, 1.807) is 6.92 Å². The van der Waals surface area contributed by atoms with Crippen molar-refractivity contribution in [1.82, 2.24) is 5.32 Å². The van der Waals surface area contributed by atoms with Crippen LogP contribution in [0.1, 0.15) is 17.3 Å². The molecule has 0 aromatic heterocycles. The highest BCUT2D eigenvalue weighted by Gasteiger charge is 2.16. The highest BCUT2D eigenvalue weighted by Crippen LogP contribution is 2.16. The fourth-order valence-corrected chi connectivity index (χ4v) is 1.09. The van der Waals surface area contributed by atoms with Gasteiger partial charge in [0.05, 0.1) is 17.9 Å². The lowest BCUT2D eigenvalue weighted by Gasteiger charge is -2.11. The number of nitrogens with two attached hydrogens (primary N) is 1. The number of hydrogen-bond donors (Lipinski definition) is 3. The number of anilines is 1. The Balaban J connectivity index is 2.96. The summed E-state index contributed by atoms with van der Waals surface area (Å²) in [5.74, 6) is -2.65. The highest BCUT2D eigenvalue weighted by molar-refractivity contribution is 5.95. The van der Waals surface area contributed by atoms with Crippen LogP contribution in [0.5, 0.6) is 0 Å². The Morgan fingerprint density at radius 3 is 2.69 bits per heavy atom. The first-order valence-electron chi connectivity index (χ1n) is 4.62. The van der Waals surface area contributed by atoms with Gasteiger partial charge in [0.2, 0.25) is 0 Å². The first-order valence-corrected chi connectivity index (χ1v) is 4.62. The molecular formula is C10H12F2N2O2. The third-order valence-electron chi connectivity index (χ3n) is 1.98. The van der Waals surface area contributed by atoms with Crippen molar-refractivity contribution in [2.75, 3.05) is 12.3 Å². The van der Waals surface area contributed by atoms with Gasteiger partial charge in [0.25, 0.3) is 5.91 Å². The Labute approximate surface area is 91.1 Å². The molecule has 1 atom stereocenters. The van der Waals surface area contributed by atoms with Crippen molar-refractivity contribution >= 4 is 11.6 Å². The van der Waals surface area contributed by atoms with Gasteiger partial charge >= 0.3 is 0 Å². The number of carbonyl (C=O) groups is 1. The molecule has 0 unspecified atom stereocenters. The predicted molar refractivity (Wildman–Crippen MR) is 54.8 cm³/mol. The monoisotopic (exact) mass is 230 g/mol. The number of aliphatic hydroxyl groups excluding tert-OH is 1. The average molecular weight is 230 g/mol. The standard InChI is InChI=1S/C10H12F2N2O2/c1-5(4-15)14-10(16)6-2-9(13)8(12)3-7(6)11/h2-3,5,15H,4,13H2,1H3,(H,14,16)/t5-/m1/s1. The molecule has 0 aliphatic rings. The van der Waals surface area contributed by atoms with Crippen molar-refractivity contribution in [1.29, 1.82) is 0 Å². The summed E-state index contributed by atoms with van der Waals surface area (Å²) >= 11 is 0. The third-order valence-corrected chi connectivity index (χ3v) is 1.98. The van der Waals surface area contributed by atoms with Crippen LogP contribution in [-0.2, 0) is 0 Å². The fraction of sp³-hybridized carbons (Fsp3) is 0.300. The van der Waals surface area contributed by atoms with E-state index in [1.807, 2.05) is 0 Å². The number of carbonyl (C=O) groups excluding carboxylic acids is 1. The van der Waals surface area contributed by atoms with Gasteiger partial charge in [-0.05, 0) is 13.0 Å². The Morgan fingerprint density at radius 1 is 1.50 bits per heavy atom. The number of halogens is 2. The SMILES string of the molecule is C[C@H](CO)NC(=O)c1cc(N)c(F)cc1F. The Kier molecular flexibility index (Phi) is 3.78. The molecule has 6 heteroatoms. The molecule has 1 aromatic carbocycles. The zero-order valence-corrected chi connectivity index (χ0v) is 8.63. The molecule has 0 spiro atoms. The summed E-state index contributed by atoms with van der Waals surface area (Å²) in [6.07, 6.45) is 0. The van der Waals surface area contributed by atoms with E-state index in [0.717, 1.165) is 6.07 Å². The molecule has 4 N–H and O–H groups in total. The van der Waals surface area contributed by atoms with Gasteiger partial charge in [0.1, 0.15) is 11.6 Å². The molecular weight excluding hydrogens is 218 g/mol. The number of nitrogens with one attached hydrogen (secondary N) is 1. The average Bonchev–Trinajstić information content (AvgIpc) is 2.23. The molecule has 88 valence electrons. The van der Waals surface area contributed by atoms with Crippen molar-refractivity contribution in [3.05, 3.63) is 29.3 Å². The normalized spacial score (nSPS) is 12.2. The number of amides is 1. The maximum absolute atomic E-state index is 13.2. The predicted octanol–water partition coefficient (Wildman–Crippen LogP) is 0.658. The number of benzene rings is 1. The van der Waals surface area contributed by atoms with Gasteiger partial charge in [-0.2, -0.15) is 0 Å². The topological polar surface area (TPSA) is 75.3 Å². The second-order valence-corrected chi connectivity index (χ2v) is 3.41. The summed E-state index contributed by atoms with van der Waals surface area (Å²) < 4.78 is 26.0. The Morgan fingerprint density at radius 2 is 2.12 bits per heavy atom. The second kappa shape index (κ2) is 4.89. The molecule has 0 bridgehead atoms. The minimum Gasteiger partial charge on any atom is -0.396 e. The molecule has 0 saturated carbocycles. The summed E-state index contributed by atoms with van der Waals surface area (Å²) in [5, 5.41) is 11.0. The van der Waals surface area contributed by atoms with Crippen molar-refractivity contribution in [2.45, 2.75) is 13.0 Å². The molecule has 0 heterocycles. The van der Waals surface area contributed by atoms with E-state index in [1.165, 1.54) is 0 Å². The quantitative estimate of drug-likeness (QED) is 0.667. The maximum Gasteiger partial charge on any atom is 0.254 e. The van der Waals surface area contributed by atoms with E-state index >= 15 is 0 Å². The first kappa shape index (κ1) is 12.4. The second-order valence-electron chi connectivity index (χ2n) is 3.41. The lowest BCUT2D eigenvalue weighted by molar-refractivity contribution is 0.0918. The van der Waals surface area contributed by atoms with Crippen LogP contribution in [0.2, 0.25) is 0 Å². The van der Waals surface area contributed by atoms with Gasteiger partial charge in [-0.15, -0.1) is 0 Å². The number of nitrogen functional groups attached to an aromatic ring is 1. The van der Waals surface area contributed by atoms with E-state index < -0.39 is 23.6 Å². The van der Waals surface area contributed by atoms with E-state index in [9.17, 15) is 13.6 Å². The molecule has 0 radical (unpaired) electrons. The van der Waals surface area contributed by atoms with Crippen molar-refractivity contribution in [3.8, 4) is 0 Å². The van der Waals surface area contributed by atoms with Crippen LogP contribution in [0.15, 0.2) is 12.1 Å². The van der Waals surface area contributed by atoms with Gasteiger partial charge in [-0.25, -0.2) is 8.78 Å². The molecule has 0 saturated heterocycles. The lowest BCUT2D eigenvalue weighted by Crippen LogP contribution is -2.35. The summed E-state index contributed by atoms with van der Waals surface area (Å²) in [7, 11) is 0. The number of hydrogen-bond acceptors (Lipinski definition) is 3. The minimum absolute atomic E-state index is 0.274. The van der Waals surface area contributed by atoms with Crippen molar-refractivity contribution in [3.63, 3.8) is 0 Å². The van der Waals surface area contributed by atoms with Gasteiger partial charge < -0.3 is 16.2 Å². The van der Waals surface area contributed by atoms with Crippen molar-refractivity contribution in [2.24, 2.45) is 0 Å². The lowest BCUT2D eigenvalue weighted by atomic mass is 10.1. The summed E-state index contributed by atoms with van der Waals surface area (Å²) in [4.78, 5) is 11.5. The molecule has 1 aromatic rings. The van der Waals surface area contributed by atoms with Gasteiger partial charge in [-0.1, -0.05) is 0 Å². The maximum atomic E-state index is 13.2. The molecule has 16 heavy (non-hydrogen) atoms. The molecule has 1 rings (SSSR count). The van der Waals surface area contributed by atoms with Crippen LogP contribution in [0, 0.1) is 11.6 Å². The van der Waals surface area contributed by atoms with Gasteiger partial charge in [0.15, 0.2) is 0 Å². The zero-order valence-electron chi connectivity index (χ0n) is 8.63. The summed E-state index contributed by atoms with van der Waals surface area (Å²) in [5.41, 5.74) is 4.57. The van der Waals surface area contributed by atoms with Crippen LogP contribution < -0.4 is 11.1 Å². The molecule has 0 aliphatic carbocycles. The minimum atomic E-state index is -0.991. The smallest absolute Gasteiger partial charge is 0.254 e. The van der Waals surface area contributed by atoms with E-state index in [0.29, 0.717) is 6.07 Å². The van der Waals surface area contributed by atoms with Crippen LogP contribution in [-0.4, -0.2) is 23.7 Å². The van der Waals surface area contributed by atoms with Gasteiger partial charge in [-0.3, -0.25) is 4.79 Å². The van der Waals surface area contributed by atoms with Gasteiger partial charge in [0, 0.05) is 12.1 Å². The zero-order chi connectivity index (χ0) is 12.3. The fourth-order valence-electron chi connectivity index (χ4n) is 1.09.